The Balaban J connectivity index is 1.54. The highest BCUT2D eigenvalue weighted by molar-refractivity contribution is 6.06. The van der Waals surface area contributed by atoms with Gasteiger partial charge in [0.05, 0.1) is 25.4 Å². The van der Waals surface area contributed by atoms with Crippen LogP contribution in [0.2, 0.25) is 0 Å². The topological polar surface area (TPSA) is 108 Å². The molecule has 4 bridgehead atoms. The van der Waals surface area contributed by atoms with Gasteiger partial charge in [-0.05, 0) is 70.1 Å². The SMILES string of the molecule is COC(=O)C1=C(C)NC(C)=C(C(=O)OC)C1C(=O)OCC(=O)C12CC3CC(CC(C3)C1)C2. The second-order valence-corrected chi connectivity index (χ2v) is 9.85. The smallest absolute Gasteiger partial charge is 0.336 e. The predicted octanol–water partition coefficient (Wildman–Crippen LogP) is 2.43. The third-order valence-corrected chi connectivity index (χ3v) is 7.78. The zero-order chi connectivity index (χ0) is 23.2. The summed E-state index contributed by atoms with van der Waals surface area (Å²) in [5.41, 5.74) is 0.334. The highest BCUT2D eigenvalue weighted by Gasteiger charge is 2.54. The van der Waals surface area contributed by atoms with Crippen molar-refractivity contribution in [2.45, 2.75) is 52.4 Å². The lowest BCUT2D eigenvalue weighted by Gasteiger charge is -2.55. The average molecular weight is 446 g/mol. The van der Waals surface area contributed by atoms with Crippen molar-refractivity contribution in [3.8, 4) is 0 Å². The Morgan fingerprint density at radius 1 is 0.844 bits per heavy atom. The van der Waals surface area contributed by atoms with Crippen LogP contribution in [0.15, 0.2) is 22.5 Å². The molecule has 1 heterocycles. The van der Waals surface area contributed by atoms with E-state index >= 15 is 0 Å². The van der Waals surface area contributed by atoms with Gasteiger partial charge in [-0.15, -0.1) is 0 Å². The number of methoxy groups -OCH3 is 2. The van der Waals surface area contributed by atoms with Gasteiger partial charge < -0.3 is 19.5 Å². The first-order valence-corrected chi connectivity index (χ1v) is 11.2. The molecule has 8 heteroatoms. The third-order valence-electron chi connectivity index (χ3n) is 7.78. The fourth-order valence-corrected chi connectivity index (χ4v) is 6.82. The molecular formula is C24H31NO7. The fourth-order valence-electron chi connectivity index (χ4n) is 6.82. The maximum Gasteiger partial charge on any atom is 0.336 e. The first-order valence-electron chi connectivity index (χ1n) is 11.2. The van der Waals surface area contributed by atoms with Crippen molar-refractivity contribution >= 4 is 23.7 Å². The van der Waals surface area contributed by atoms with E-state index in [1.54, 1.807) is 13.8 Å². The second kappa shape index (κ2) is 8.37. The van der Waals surface area contributed by atoms with Gasteiger partial charge in [0.25, 0.3) is 0 Å². The molecule has 0 spiro atoms. The van der Waals surface area contributed by atoms with Crippen molar-refractivity contribution in [3.63, 3.8) is 0 Å². The Bertz CT molecular complexity index is 855. The van der Waals surface area contributed by atoms with Crippen LogP contribution < -0.4 is 5.32 Å². The molecule has 0 aromatic carbocycles. The molecule has 0 amide bonds. The van der Waals surface area contributed by atoms with E-state index in [1.165, 1.54) is 33.5 Å². The van der Waals surface area contributed by atoms with E-state index < -0.39 is 29.2 Å². The average Bonchev–Trinajstić information content (AvgIpc) is 2.74. The van der Waals surface area contributed by atoms with E-state index in [4.69, 9.17) is 14.2 Å². The number of nitrogens with one attached hydrogen (secondary N) is 1. The minimum absolute atomic E-state index is 0.0225. The first-order chi connectivity index (χ1) is 15.2. The van der Waals surface area contributed by atoms with Crippen molar-refractivity contribution in [3.05, 3.63) is 22.5 Å². The Morgan fingerprint density at radius 2 is 1.28 bits per heavy atom. The van der Waals surface area contributed by atoms with E-state index in [9.17, 15) is 19.2 Å². The van der Waals surface area contributed by atoms with E-state index in [-0.39, 0.29) is 23.5 Å². The molecule has 1 N–H and O–H groups in total. The maximum atomic E-state index is 13.3. The number of ketones is 1. The van der Waals surface area contributed by atoms with Crippen LogP contribution in [-0.4, -0.2) is 44.5 Å². The number of carbonyl (C=O) groups is 4. The number of Topliss-reactive ketones (excluding diaryl/α,β-unsaturated/α-hetero) is 1. The van der Waals surface area contributed by atoms with Gasteiger partial charge >= 0.3 is 17.9 Å². The number of ether oxygens (including phenoxy) is 3. The van der Waals surface area contributed by atoms with E-state index in [1.807, 2.05) is 0 Å². The number of dihydropyridines is 1. The van der Waals surface area contributed by atoms with Crippen molar-refractivity contribution in [2.75, 3.05) is 20.8 Å². The molecule has 0 atom stereocenters. The normalized spacial score (nSPS) is 31.3. The molecule has 0 aromatic heterocycles. The lowest BCUT2D eigenvalue weighted by molar-refractivity contribution is -0.160. The number of carbonyl (C=O) groups excluding carboxylic acids is 4. The zero-order valence-electron chi connectivity index (χ0n) is 19.1. The molecule has 0 aromatic rings. The van der Waals surface area contributed by atoms with Crippen LogP contribution in [-0.2, 0) is 33.4 Å². The molecule has 4 fully saturated rings. The van der Waals surface area contributed by atoms with E-state index in [2.05, 4.69) is 5.32 Å². The molecule has 4 saturated carbocycles. The lowest BCUT2D eigenvalue weighted by Crippen LogP contribution is -2.51. The van der Waals surface area contributed by atoms with Gasteiger partial charge in [-0.2, -0.15) is 0 Å². The van der Waals surface area contributed by atoms with E-state index in [0.29, 0.717) is 29.1 Å². The molecule has 4 aliphatic carbocycles. The first kappa shape index (κ1) is 22.6. The molecule has 1 aliphatic heterocycles. The minimum atomic E-state index is -1.32. The van der Waals surface area contributed by atoms with Gasteiger partial charge in [-0.1, -0.05) is 0 Å². The van der Waals surface area contributed by atoms with Crippen LogP contribution in [0.5, 0.6) is 0 Å². The molecule has 0 unspecified atom stereocenters. The summed E-state index contributed by atoms with van der Waals surface area (Å²) in [5, 5.41) is 2.93. The van der Waals surface area contributed by atoms with Crippen molar-refractivity contribution in [2.24, 2.45) is 29.1 Å². The highest BCUT2D eigenvalue weighted by atomic mass is 16.5. The van der Waals surface area contributed by atoms with E-state index in [0.717, 1.165) is 19.3 Å². The predicted molar refractivity (Wildman–Crippen MR) is 113 cm³/mol. The Labute approximate surface area is 187 Å². The summed E-state index contributed by atoms with van der Waals surface area (Å²) in [6, 6.07) is 0. The standard InChI is InChI=1S/C24H31NO7/c1-12-18(21(27)30-3)20(19(13(2)25-12)22(28)31-4)23(29)32-11-17(26)24-8-14-5-15(9-24)7-16(6-14)10-24/h14-16,20,25H,5-11H2,1-4H3. The number of hydrogen-bond donors (Lipinski definition) is 1. The molecule has 174 valence electrons. The fraction of sp³-hybridized carbons (Fsp3) is 0.667. The number of hydrogen-bond acceptors (Lipinski definition) is 8. The largest absolute Gasteiger partial charge is 0.466 e. The quantitative estimate of drug-likeness (QED) is 0.491. The summed E-state index contributed by atoms with van der Waals surface area (Å²) in [6.45, 7) is 2.88. The van der Waals surface area contributed by atoms with Crippen LogP contribution in [0.25, 0.3) is 0 Å². The Kier molecular flexibility index (Phi) is 5.90. The molecule has 5 rings (SSSR count). The maximum absolute atomic E-state index is 13.3. The van der Waals surface area contributed by atoms with Gasteiger partial charge in [0.2, 0.25) is 0 Å². The van der Waals surface area contributed by atoms with Crippen LogP contribution >= 0.6 is 0 Å². The summed E-state index contributed by atoms with van der Waals surface area (Å²) < 4.78 is 15.2. The van der Waals surface area contributed by atoms with Crippen LogP contribution in [0.4, 0.5) is 0 Å². The molecule has 0 radical (unpaired) electrons. The number of allylic oxidation sites excluding steroid dienone is 2. The summed E-state index contributed by atoms with van der Waals surface area (Å²) >= 11 is 0. The van der Waals surface area contributed by atoms with Crippen molar-refractivity contribution in [1.29, 1.82) is 0 Å². The Hall–Kier alpha value is -2.64. The molecule has 32 heavy (non-hydrogen) atoms. The molecule has 0 saturated heterocycles. The Morgan fingerprint density at radius 3 is 1.69 bits per heavy atom. The molecule has 5 aliphatic rings. The summed E-state index contributed by atoms with van der Waals surface area (Å²) in [7, 11) is 2.40. The van der Waals surface area contributed by atoms with Gasteiger partial charge in [0, 0.05) is 16.8 Å². The minimum Gasteiger partial charge on any atom is -0.466 e. The van der Waals surface area contributed by atoms with Gasteiger partial charge in [-0.3, -0.25) is 9.59 Å². The van der Waals surface area contributed by atoms with Gasteiger partial charge in [0.15, 0.2) is 12.4 Å². The third kappa shape index (κ3) is 3.73. The van der Waals surface area contributed by atoms with Gasteiger partial charge in [-0.25, -0.2) is 9.59 Å². The summed E-state index contributed by atoms with van der Waals surface area (Å²) in [5.74, 6) is -1.91. The monoisotopic (exact) mass is 445 g/mol. The lowest BCUT2D eigenvalue weighted by atomic mass is 9.48. The molecular weight excluding hydrogens is 414 g/mol. The molecule has 8 nitrogen and oxygen atoms in total. The van der Waals surface area contributed by atoms with Gasteiger partial charge in [0.1, 0.15) is 5.92 Å². The number of rotatable bonds is 6. The summed E-state index contributed by atoms with van der Waals surface area (Å²) in [6.07, 6.45) is 6.26. The zero-order valence-corrected chi connectivity index (χ0v) is 19.1. The van der Waals surface area contributed by atoms with Crippen LogP contribution in [0.3, 0.4) is 0 Å². The van der Waals surface area contributed by atoms with Crippen molar-refractivity contribution < 1.29 is 33.4 Å². The number of esters is 3. The second-order valence-electron chi connectivity index (χ2n) is 9.85. The van der Waals surface area contributed by atoms with Crippen LogP contribution in [0, 0.1) is 29.1 Å². The van der Waals surface area contributed by atoms with Crippen LogP contribution in [0.1, 0.15) is 52.4 Å². The summed E-state index contributed by atoms with van der Waals surface area (Å²) in [4.78, 5) is 51.4. The highest BCUT2D eigenvalue weighted by Crippen LogP contribution is 2.60. The van der Waals surface area contributed by atoms with Crippen molar-refractivity contribution in [1.82, 2.24) is 5.32 Å².